The Labute approximate surface area is 92.3 Å². The van der Waals surface area contributed by atoms with Crippen LogP contribution in [0.5, 0.6) is 0 Å². The highest BCUT2D eigenvalue weighted by atomic mass is 15.2. The number of hydrogen-bond donors (Lipinski definition) is 1. The number of nitrogens with zero attached hydrogens (tertiary/aromatic N) is 3. The fourth-order valence-electron chi connectivity index (χ4n) is 1.64. The second kappa shape index (κ2) is 5.75. The van der Waals surface area contributed by atoms with Gasteiger partial charge in [0.25, 0.3) is 0 Å². The summed E-state index contributed by atoms with van der Waals surface area (Å²) in [7, 11) is 2.00. The van der Waals surface area contributed by atoms with Crippen LogP contribution in [-0.4, -0.2) is 40.1 Å². The number of nitrogens with one attached hydrogen (secondary N) is 1. The number of hydrogen-bond acceptors (Lipinski definition) is 3. The van der Waals surface area contributed by atoms with Crippen LogP contribution < -0.4 is 5.32 Å². The maximum atomic E-state index is 4.25. The Hall–Kier alpha value is -1.03. The number of rotatable bonds is 6. The summed E-state index contributed by atoms with van der Waals surface area (Å²) in [4.78, 5) is 6.65. The molecule has 0 aliphatic heterocycles. The van der Waals surface area contributed by atoms with Gasteiger partial charge in [-0.1, -0.05) is 13.8 Å². The third-order valence-corrected chi connectivity index (χ3v) is 2.62. The Kier molecular flexibility index (Phi) is 4.62. The van der Waals surface area contributed by atoms with Crippen LogP contribution in [0.15, 0.2) is 12.4 Å². The van der Waals surface area contributed by atoms with Crippen LogP contribution in [0.3, 0.4) is 0 Å². The summed E-state index contributed by atoms with van der Waals surface area (Å²) in [5.74, 6) is 0.939. The minimum Gasteiger partial charge on any atom is -0.352 e. The van der Waals surface area contributed by atoms with Crippen LogP contribution in [0, 0.1) is 0 Å². The van der Waals surface area contributed by atoms with E-state index in [1.54, 1.807) is 0 Å². The fraction of sp³-hybridized carbons (Fsp3) is 0.727. The maximum absolute atomic E-state index is 4.25. The Morgan fingerprint density at radius 1 is 1.47 bits per heavy atom. The zero-order chi connectivity index (χ0) is 11.3. The Morgan fingerprint density at radius 3 is 2.60 bits per heavy atom. The van der Waals surface area contributed by atoms with Crippen molar-refractivity contribution in [3.63, 3.8) is 0 Å². The summed E-state index contributed by atoms with van der Waals surface area (Å²) in [6, 6.07) is 0.422. The van der Waals surface area contributed by atoms with E-state index in [0.717, 1.165) is 25.6 Å². The first kappa shape index (κ1) is 12.0. The molecular weight excluding hydrogens is 188 g/mol. The molecule has 1 rings (SSSR count). The van der Waals surface area contributed by atoms with Crippen molar-refractivity contribution in [2.75, 3.05) is 25.0 Å². The van der Waals surface area contributed by atoms with Gasteiger partial charge in [0, 0.05) is 32.0 Å². The molecule has 0 amide bonds. The van der Waals surface area contributed by atoms with Gasteiger partial charge in [0.2, 0.25) is 5.95 Å². The van der Waals surface area contributed by atoms with Crippen molar-refractivity contribution in [3.8, 4) is 0 Å². The summed E-state index contributed by atoms with van der Waals surface area (Å²) in [6.45, 7) is 9.83. The van der Waals surface area contributed by atoms with E-state index >= 15 is 0 Å². The van der Waals surface area contributed by atoms with Gasteiger partial charge >= 0.3 is 0 Å². The monoisotopic (exact) mass is 210 g/mol. The average molecular weight is 210 g/mol. The predicted molar refractivity (Wildman–Crippen MR) is 64.1 cm³/mol. The van der Waals surface area contributed by atoms with Crippen molar-refractivity contribution in [1.29, 1.82) is 0 Å². The van der Waals surface area contributed by atoms with E-state index < -0.39 is 0 Å². The molecule has 1 unspecified atom stereocenters. The lowest BCUT2D eigenvalue weighted by atomic mass is 10.3. The molecule has 0 bridgehead atoms. The second-order valence-corrected chi connectivity index (χ2v) is 3.89. The van der Waals surface area contributed by atoms with E-state index in [1.807, 2.05) is 24.0 Å². The Bertz CT molecular complexity index is 278. The van der Waals surface area contributed by atoms with E-state index in [2.05, 4.69) is 36.0 Å². The largest absolute Gasteiger partial charge is 0.352 e. The van der Waals surface area contributed by atoms with Gasteiger partial charge in [-0.15, -0.1) is 0 Å². The van der Waals surface area contributed by atoms with E-state index in [-0.39, 0.29) is 0 Å². The van der Waals surface area contributed by atoms with Crippen LogP contribution in [0.4, 0.5) is 5.95 Å². The van der Waals surface area contributed by atoms with Crippen LogP contribution in [0.1, 0.15) is 20.8 Å². The average Bonchev–Trinajstić information content (AvgIpc) is 2.61. The van der Waals surface area contributed by atoms with Gasteiger partial charge in [-0.3, -0.25) is 0 Å². The summed E-state index contributed by atoms with van der Waals surface area (Å²) in [5, 5.41) is 3.40. The van der Waals surface area contributed by atoms with Gasteiger partial charge < -0.3 is 14.8 Å². The Morgan fingerprint density at radius 2 is 2.13 bits per heavy atom. The van der Waals surface area contributed by atoms with Gasteiger partial charge in [-0.2, -0.15) is 0 Å². The third-order valence-electron chi connectivity index (χ3n) is 2.62. The molecule has 15 heavy (non-hydrogen) atoms. The predicted octanol–water partition coefficient (Wildman–Crippen LogP) is 1.56. The molecule has 86 valence electrons. The molecule has 0 saturated carbocycles. The van der Waals surface area contributed by atoms with E-state index in [0.29, 0.717) is 6.04 Å². The number of aryl methyl sites for hydroxylation is 1. The molecular formula is C11H22N4. The molecule has 1 atom stereocenters. The molecule has 0 aliphatic rings. The molecule has 1 aromatic rings. The lowest BCUT2D eigenvalue weighted by Gasteiger charge is -2.23. The number of imidazole rings is 1. The maximum Gasteiger partial charge on any atom is 0.202 e. The molecule has 4 nitrogen and oxygen atoms in total. The number of likely N-dealkylation sites (N-methyl/N-ethyl adjacent to an activating group) is 1. The first-order valence-corrected chi connectivity index (χ1v) is 5.63. The minimum absolute atomic E-state index is 0.422. The summed E-state index contributed by atoms with van der Waals surface area (Å²) >= 11 is 0. The molecule has 0 aliphatic carbocycles. The Balaban J connectivity index is 2.42. The molecule has 4 heteroatoms. The van der Waals surface area contributed by atoms with Gasteiger partial charge in [0.05, 0.1) is 0 Å². The first-order valence-electron chi connectivity index (χ1n) is 5.63. The highest BCUT2D eigenvalue weighted by molar-refractivity contribution is 5.26. The van der Waals surface area contributed by atoms with Crippen LogP contribution in [0.2, 0.25) is 0 Å². The van der Waals surface area contributed by atoms with Crippen molar-refractivity contribution in [2.45, 2.75) is 26.8 Å². The van der Waals surface area contributed by atoms with Crippen molar-refractivity contribution >= 4 is 5.95 Å². The summed E-state index contributed by atoms with van der Waals surface area (Å²) < 4.78 is 2.00. The van der Waals surface area contributed by atoms with Gasteiger partial charge in [0.1, 0.15) is 0 Å². The highest BCUT2D eigenvalue weighted by Gasteiger charge is 2.08. The zero-order valence-electron chi connectivity index (χ0n) is 10.2. The first-order chi connectivity index (χ1) is 7.17. The van der Waals surface area contributed by atoms with Crippen molar-refractivity contribution in [3.05, 3.63) is 12.4 Å². The van der Waals surface area contributed by atoms with Crippen molar-refractivity contribution in [1.82, 2.24) is 14.5 Å². The lowest BCUT2D eigenvalue weighted by Crippen LogP contribution is -2.35. The van der Waals surface area contributed by atoms with E-state index in [1.165, 1.54) is 0 Å². The van der Waals surface area contributed by atoms with Crippen LogP contribution in [-0.2, 0) is 7.05 Å². The van der Waals surface area contributed by atoms with Gasteiger partial charge in [0.15, 0.2) is 0 Å². The van der Waals surface area contributed by atoms with E-state index in [9.17, 15) is 0 Å². The number of aromatic nitrogens is 2. The summed E-state index contributed by atoms with van der Waals surface area (Å²) in [5.41, 5.74) is 0. The minimum atomic E-state index is 0.422. The molecule has 1 N–H and O–H groups in total. The molecule has 0 spiro atoms. The topological polar surface area (TPSA) is 33.1 Å². The molecule has 0 radical (unpaired) electrons. The van der Waals surface area contributed by atoms with Gasteiger partial charge in [-0.05, 0) is 20.0 Å². The fourth-order valence-corrected chi connectivity index (χ4v) is 1.64. The van der Waals surface area contributed by atoms with Crippen LogP contribution >= 0.6 is 0 Å². The smallest absolute Gasteiger partial charge is 0.202 e. The molecule has 0 saturated heterocycles. The molecule has 1 aromatic heterocycles. The molecule has 0 aromatic carbocycles. The second-order valence-electron chi connectivity index (χ2n) is 3.89. The third kappa shape index (κ3) is 3.55. The molecule has 1 heterocycles. The van der Waals surface area contributed by atoms with Crippen molar-refractivity contribution < 1.29 is 0 Å². The highest BCUT2D eigenvalue weighted by Crippen LogP contribution is 2.04. The van der Waals surface area contributed by atoms with Crippen LogP contribution in [0.25, 0.3) is 0 Å². The normalized spacial score (nSPS) is 13.1. The number of anilines is 1. The van der Waals surface area contributed by atoms with E-state index in [4.69, 9.17) is 0 Å². The van der Waals surface area contributed by atoms with Crippen molar-refractivity contribution in [2.24, 2.45) is 7.05 Å². The SMILES string of the molecule is CCN(CC)CC(C)Nc1nccn1C. The summed E-state index contributed by atoms with van der Waals surface area (Å²) in [6.07, 6.45) is 3.76. The quantitative estimate of drug-likeness (QED) is 0.773. The lowest BCUT2D eigenvalue weighted by molar-refractivity contribution is 0.294. The standard InChI is InChI=1S/C11H22N4/c1-5-15(6-2)9-10(3)13-11-12-7-8-14(11)4/h7-8,10H,5-6,9H2,1-4H3,(H,12,13). The zero-order valence-corrected chi connectivity index (χ0v) is 10.2. The molecule has 0 fully saturated rings. The van der Waals surface area contributed by atoms with Gasteiger partial charge in [-0.25, -0.2) is 4.98 Å².